The number of halogens is 2. The van der Waals surface area contributed by atoms with Crippen LogP contribution in [-0.2, 0) is 6.54 Å². The number of aromatic nitrogens is 2. The number of hydrogen-bond acceptors (Lipinski definition) is 4. The van der Waals surface area contributed by atoms with E-state index in [1.54, 1.807) is 24.3 Å². The van der Waals surface area contributed by atoms with E-state index in [0.29, 0.717) is 25.8 Å². The molecule has 136 valence electrons. The monoisotopic (exact) mass is 416 g/mol. The van der Waals surface area contributed by atoms with Crippen LogP contribution in [0.2, 0.25) is 10.0 Å². The second-order valence-electron chi connectivity index (χ2n) is 6.07. The van der Waals surface area contributed by atoms with Crippen LogP contribution in [0.25, 0.3) is 20.7 Å². The summed E-state index contributed by atoms with van der Waals surface area (Å²) in [4.78, 5) is 18.2. The van der Waals surface area contributed by atoms with E-state index in [4.69, 9.17) is 23.2 Å². The van der Waals surface area contributed by atoms with Crippen molar-refractivity contribution >= 4 is 44.8 Å². The number of aliphatic hydroxyl groups excluding tert-OH is 1. The Morgan fingerprint density at radius 1 is 1.11 bits per heavy atom. The lowest BCUT2D eigenvalue weighted by Gasteiger charge is -2.13. The molecule has 0 aliphatic heterocycles. The topological polar surface area (TPSA) is 55.1 Å². The van der Waals surface area contributed by atoms with Crippen LogP contribution < -0.4 is 5.56 Å². The van der Waals surface area contributed by atoms with E-state index < -0.39 is 6.10 Å². The first-order valence-electron chi connectivity index (χ1n) is 8.20. The van der Waals surface area contributed by atoms with Crippen LogP contribution >= 0.6 is 34.5 Å². The first-order chi connectivity index (χ1) is 13.0. The van der Waals surface area contributed by atoms with Crippen LogP contribution in [0.15, 0.2) is 65.7 Å². The molecule has 2 aromatic carbocycles. The highest BCUT2D eigenvalue weighted by Gasteiger charge is 2.15. The van der Waals surface area contributed by atoms with E-state index in [0.717, 1.165) is 10.4 Å². The maximum Gasteiger partial charge on any atom is 0.271 e. The number of thiophene rings is 1. The fourth-order valence-corrected chi connectivity index (χ4v) is 4.31. The molecule has 0 fully saturated rings. The number of fused-ring (bicyclic) bond motifs is 1. The summed E-state index contributed by atoms with van der Waals surface area (Å²) in [5.41, 5.74) is 2.01. The van der Waals surface area contributed by atoms with Crippen molar-refractivity contribution in [1.82, 2.24) is 9.55 Å². The van der Waals surface area contributed by atoms with Gasteiger partial charge in [-0.05, 0) is 29.8 Å². The van der Waals surface area contributed by atoms with Gasteiger partial charge in [-0.2, -0.15) is 0 Å². The summed E-state index contributed by atoms with van der Waals surface area (Å²) in [6.07, 6.45) is 0.565. The Balaban J connectivity index is 1.69. The maximum atomic E-state index is 12.8. The van der Waals surface area contributed by atoms with Crippen molar-refractivity contribution in [1.29, 1.82) is 0 Å². The lowest BCUT2D eigenvalue weighted by atomic mass is 10.1. The zero-order valence-corrected chi connectivity index (χ0v) is 16.3. The first kappa shape index (κ1) is 18.2. The molecule has 27 heavy (non-hydrogen) atoms. The SMILES string of the molecule is O=c1c2sc(-c3ccc(Cl)cc3)cc2ncn1CC(O)c1ccccc1Cl. The second-order valence-corrected chi connectivity index (χ2v) is 7.97. The zero-order chi connectivity index (χ0) is 19.0. The van der Waals surface area contributed by atoms with E-state index >= 15 is 0 Å². The van der Waals surface area contributed by atoms with Gasteiger partial charge in [-0.3, -0.25) is 9.36 Å². The molecule has 1 unspecified atom stereocenters. The summed E-state index contributed by atoms with van der Waals surface area (Å²) in [6.45, 7) is 0.0830. The number of nitrogens with zero attached hydrogens (tertiary/aromatic N) is 2. The fourth-order valence-electron chi connectivity index (χ4n) is 2.86. The Hall–Kier alpha value is -2.18. The van der Waals surface area contributed by atoms with Crippen molar-refractivity contribution < 1.29 is 5.11 Å². The average molecular weight is 417 g/mol. The van der Waals surface area contributed by atoms with Crippen LogP contribution in [0.4, 0.5) is 0 Å². The molecule has 1 atom stereocenters. The second kappa shape index (κ2) is 7.44. The van der Waals surface area contributed by atoms with Crippen LogP contribution in [0.5, 0.6) is 0 Å². The highest BCUT2D eigenvalue weighted by atomic mass is 35.5. The van der Waals surface area contributed by atoms with Crippen molar-refractivity contribution in [3.63, 3.8) is 0 Å². The molecule has 0 spiro atoms. The molecule has 0 saturated heterocycles. The van der Waals surface area contributed by atoms with Crippen LogP contribution in [0.3, 0.4) is 0 Å². The Labute approximate surface area is 169 Å². The van der Waals surface area contributed by atoms with Crippen molar-refractivity contribution in [3.05, 3.63) is 86.9 Å². The molecule has 2 aromatic heterocycles. The van der Waals surface area contributed by atoms with Gasteiger partial charge in [0.2, 0.25) is 0 Å². The molecule has 0 radical (unpaired) electrons. The molecule has 1 N–H and O–H groups in total. The molecule has 2 heterocycles. The molecule has 4 nitrogen and oxygen atoms in total. The lowest BCUT2D eigenvalue weighted by Crippen LogP contribution is -2.23. The summed E-state index contributed by atoms with van der Waals surface area (Å²) in [5, 5.41) is 11.6. The Morgan fingerprint density at radius 3 is 2.59 bits per heavy atom. The standard InChI is InChI=1S/C20H14Cl2N2O2S/c21-13-7-5-12(6-8-13)18-9-16-19(27-18)20(26)24(11-23-16)10-17(25)14-3-1-2-4-15(14)22/h1-9,11,17,25H,10H2. The highest BCUT2D eigenvalue weighted by Crippen LogP contribution is 2.31. The van der Waals surface area contributed by atoms with E-state index in [1.165, 1.54) is 22.2 Å². The molecular formula is C20H14Cl2N2O2S. The maximum absolute atomic E-state index is 12.8. The van der Waals surface area contributed by atoms with Gasteiger partial charge < -0.3 is 5.11 Å². The largest absolute Gasteiger partial charge is 0.386 e. The molecule has 0 aliphatic rings. The molecule has 7 heteroatoms. The fraction of sp³-hybridized carbons (Fsp3) is 0.100. The van der Waals surface area contributed by atoms with Gasteiger partial charge in [-0.25, -0.2) is 4.98 Å². The van der Waals surface area contributed by atoms with Gasteiger partial charge in [-0.15, -0.1) is 11.3 Å². The summed E-state index contributed by atoms with van der Waals surface area (Å²) >= 11 is 13.4. The summed E-state index contributed by atoms with van der Waals surface area (Å²) < 4.78 is 1.96. The minimum absolute atomic E-state index is 0.0830. The molecule has 4 rings (SSSR count). The summed E-state index contributed by atoms with van der Waals surface area (Å²) in [6, 6.07) is 16.4. The number of aliphatic hydroxyl groups is 1. The summed E-state index contributed by atoms with van der Waals surface area (Å²) in [7, 11) is 0. The molecule has 0 bridgehead atoms. The average Bonchev–Trinajstić information content (AvgIpc) is 3.10. The quantitative estimate of drug-likeness (QED) is 0.499. The van der Waals surface area contributed by atoms with Gasteiger partial charge in [0.25, 0.3) is 5.56 Å². The smallest absolute Gasteiger partial charge is 0.271 e. The van der Waals surface area contributed by atoms with Gasteiger partial charge in [0.15, 0.2) is 0 Å². The Morgan fingerprint density at radius 2 is 1.85 bits per heavy atom. The van der Waals surface area contributed by atoms with Crippen molar-refractivity contribution in [2.24, 2.45) is 0 Å². The summed E-state index contributed by atoms with van der Waals surface area (Å²) in [5.74, 6) is 0. The molecule has 0 saturated carbocycles. The number of benzene rings is 2. The molecule has 0 amide bonds. The highest BCUT2D eigenvalue weighted by molar-refractivity contribution is 7.22. The van der Waals surface area contributed by atoms with E-state index in [1.807, 2.05) is 30.3 Å². The number of hydrogen-bond donors (Lipinski definition) is 1. The van der Waals surface area contributed by atoms with Gasteiger partial charge in [0.1, 0.15) is 4.70 Å². The van der Waals surface area contributed by atoms with E-state index in [2.05, 4.69) is 4.98 Å². The molecule has 0 aliphatic carbocycles. The first-order valence-corrected chi connectivity index (χ1v) is 9.77. The minimum atomic E-state index is -0.897. The Bertz CT molecular complexity index is 1170. The predicted molar refractivity (Wildman–Crippen MR) is 111 cm³/mol. The van der Waals surface area contributed by atoms with E-state index in [9.17, 15) is 9.90 Å². The van der Waals surface area contributed by atoms with Gasteiger partial charge in [0.05, 0.1) is 24.5 Å². The third-order valence-electron chi connectivity index (χ3n) is 4.27. The molecule has 4 aromatic rings. The zero-order valence-electron chi connectivity index (χ0n) is 14.0. The van der Waals surface area contributed by atoms with Gasteiger partial charge in [-0.1, -0.05) is 53.5 Å². The third kappa shape index (κ3) is 3.64. The Kier molecular flexibility index (Phi) is 5.02. The van der Waals surface area contributed by atoms with Gasteiger partial charge in [0, 0.05) is 20.5 Å². The van der Waals surface area contributed by atoms with Crippen LogP contribution in [0.1, 0.15) is 11.7 Å². The predicted octanol–water partition coefficient (Wildman–Crippen LogP) is 5.17. The minimum Gasteiger partial charge on any atom is -0.386 e. The van der Waals surface area contributed by atoms with Crippen molar-refractivity contribution in [2.75, 3.05) is 0 Å². The van der Waals surface area contributed by atoms with Gasteiger partial charge >= 0.3 is 0 Å². The lowest BCUT2D eigenvalue weighted by molar-refractivity contribution is 0.155. The normalized spacial score (nSPS) is 12.4. The van der Waals surface area contributed by atoms with Crippen molar-refractivity contribution in [2.45, 2.75) is 12.6 Å². The van der Waals surface area contributed by atoms with E-state index in [-0.39, 0.29) is 12.1 Å². The number of rotatable bonds is 4. The van der Waals surface area contributed by atoms with Crippen LogP contribution in [-0.4, -0.2) is 14.7 Å². The van der Waals surface area contributed by atoms with Crippen molar-refractivity contribution in [3.8, 4) is 10.4 Å². The molecular weight excluding hydrogens is 403 g/mol. The van der Waals surface area contributed by atoms with Crippen LogP contribution in [0, 0.1) is 0 Å². The third-order valence-corrected chi connectivity index (χ3v) is 6.02.